The Morgan fingerprint density at radius 2 is 0.981 bits per heavy atom. The minimum Gasteiger partial charge on any atom is -0.456 e. The number of anilines is 3. The van der Waals surface area contributed by atoms with Gasteiger partial charge in [-0.25, -0.2) is 4.98 Å². The Hall–Kier alpha value is -7.37. The molecule has 0 aliphatic rings. The van der Waals surface area contributed by atoms with Crippen LogP contribution in [0, 0.1) is 0 Å². The molecule has 0 saturated heterocycles. The Morgan fingerprint density at radius 1 is 0.370 bits per heavy atom. The standard InChI is InChI=1S/C49H30N2O3/c1-3-11-31(12-4-1)32-21-23-35(24-22-32)51(36-16-9-15-34(29-36)38-18-10-20-44-46(38)39-17-7-8-19-42(39)52-44)37-25-27-43-40(30-37)47-45(53-43)28-26-41-48(47)54-49(50-41)33-13-5-2-6-14-33/h1-30H. The molecule has 0 bridgehead atoms. The summed E-state index contributed by atoms with van der Waals surface area (Å²) in [4.78, 5) is 7.16. The van der Waals surface area contributed by atoms with Gasteiger partial charge in [-0.05, 0) is 101 Å². The second kappa shape index (κ2) is 12.1. The summed E-state index contributed by atoms with van der Waals surface area (Å²) < 4.78 is 19.2. The summed E-state index contributed by atoms with van der Waals surface area (Å²) in [6.07, 6.45) is 0. The number of rotatable bonds is 6. The van der Waals surface area contributed by atoms with Crippen LogP contribution in [-0.2, 0) is 0 Å². The van der Waals surface area contributed by atoms with Crippen LogP contribution in [0.5, 0.6) is 0 Å². The number of hydrogen-bond donors (Lipinski definition) is 0. The van der Waals surface area contributed by atoms with Crippen LogP contribution < -0.4 is 4.90 Å². The van der Waals surface area contributed by atoms with Crippen molar-refractivity contribution in [3.8, 4) is 33.7 Å². The summed E-state index contributed by atoms with van der Waals surface area (Å²) in [6.45, 7) is 0. The summed E-state index contributed by atoms with van der Waals surface area (Å²) in [5.41, 5.74) is 13.3. The van der Waals surface area contributed by atoms with Gasteiger partial charge in [0, 0.05) is 38.8 Å². The Bertz CT molecular complexity index is 3160. The van der Waals surface area contributed by atoms with Gasteiger partial charge < -0.3 is 18.2 Å². The summed E-state index contributed by atoms with van der Waals surface area (Å²) in [6, 6.07) is 62.8. The summed E-state index contributed by atoms with van der Waals surface area (Å²) in [5.74, 6) is 0.584. The Balaban J connectivity index is 1.10. The molecule has 5 nitrogen and oxygen atoms in total. The Labute approximate surface area is 309 Å². The lowest BCUT2D eigenvalue weighted by Gasteiger charge is -2.26. The van der Waals surface area contributed by atoms with Gasteiger partial charge in [0.1, 0.15) is 27.8 Å². The van der Waals surface area contributed by atoms with Gasteiger partial charge in [0.25, 0.3) is 0 Å². The molecule has 8 aromatic carbocycles. The van der Waals surface area contributed by atoms with E-state index in [9.17, 15) is 0 Å². The molecule has 0 aliphatic heterocycles. The fourth-order valence-corrected chi connectivity index (χ4v) is 7.79. The van der Waals surface area contributed by atoms with Crippen LogP contribution in [0.2, 0.25) is 0 Å². The first-order valence-electron chi connectivity index (χ1n) is 18.0. The van der Waals surface area contributed by atoms with Crippen molar-refractivity contribution in [1.82, 2.24) is 4.98 Å². The van der Waals surface area contributed by atoms with Crippen LogP contribution in [0.15, 0.2) is 195 Å². The van der Waals surface area contributed by atoms with Crippen LogP contribution in [0.25, 0.3) is 88.7 Å². The molecule has 3 heterocycles. The van der Waals surface area contributed by atoms with Gasteiger partial charge in [-0.1, -0.05) is 103 Å². The van der Waals surface area contributed by atoms with Crippen LogP contribution in [0.3, 0.4) is 0 Å². The molecule has 0 N–H and O–H groups in total. The smallest absolute Gasteiger partial charge is 0.227 e. The third-order valence-electron chi connectivity index (χ3n) is 10.3. The van der Waals surface area contributed by atoms with Gasteiger partial charge in [0.05, 0.1) is 5.39 Å². The van der Waals surface area contributed by atoms with Gasteiger partial charge in [-0.3, -0.25) is 0 Å². The molecule has 11 rings (SSSR count). The number of hydrogen-bond acceptors (Lipinski definition) is 5. The maximum Gasteiger partial charge on any atom is 0.227 e. The Kier molecular flexibility index (Phi) is 6.79. The molecule has 0 fully saturated rings. The summed E-state index contributed by atoms with van der Waals surface area (Å²) >= 11 is 0. The van der Waals surface area contributed by atoms with Crippen LogP contribution in [-0.4, -0.2) is 4.98 Å². The zero-order chi connectivity index (χ0) is 35.6. The molecule has 5 heteroatoms. The molecule has 54 heavy (non-hydrogen) atoms. The SMILES string of the molecule is c1ccc(-c2ccc(N(c3cccc(-c4cccc5oc6ccccc6c45)c3)c3ccc4oc5ccc6nc(-c7ccccc7)oc6c5c4c3)cc2)cc1. The van der Waals surface area contributed by atoms with Crippen molar-refractivity contribution >= 4 is 72.0 Å². The normalized spacial score (nSPS) is 11.7. The highest BCUT2D eigenvalue weighted by molar-refractivity contribution is 6.17. The van der Waals surface area contributed by atoms with Crippen molar-refractivity contribution in [2.75, 3.05) is 4.90 Å². The van der Waals surface area contributed by atoms with E-state index in [1.165, 1.54) is 5.56 Å². The molecular formula is C49H30N2O3. The number of aromatic nitrogens is 1. The number of nitrogens with zero attached hydrogens (tertiary/aromatic N) is 2. The first kappa shape index (κ1) is 30.3. The van der Waals surface area contributed by atoms with Crippen molar-refractivity contribution in [3.05, 3.63) is 182 Å². The monoisotopic (exact) mass is 694 g/mol. The van der Waals surface area contributed by atoms with Crippen molar-refractivity contribution in [3.63, 3.8) is 0 Å². The molecule has 0 unspecified atom stereocenters. The highest BCUT2D eigenvalue weighted by Crippen LogP contribution is 2.44. The van der Waals surface area contributed by atoms with Crippen molar-refractivity contribution < 1.29 is 13.3 Å². The zero-order valence-corrected chi connectivity index (χ0v) is 28.9. The van der Waals surface area contributed by atoms with Gasteiger partial charge in [0.15, 0.2) is 5.58 Å². The van der Waals surface area contributed by atoms with Crippen LogP contribution in [0.1, 0.15) is 0 Å². The number of oxazole rings is 1. The average molecular weight is 695 g/mol. The maximum atomic E-state index is 6.49. The van der Waals surface area contributed by atoms with Gasteiger partial charge >= 0.3 is 0 Å². The molecule has 0 radical (unpaired) electrons. The highest BCUT2D eigenvalue weighted by Gasteiger charge is 2.21. The predicted octanol–water partition coefficient (Wildman–Crippen LogP) is 14.1. The molecule has 0 saturated carbocycles. The third kappa shape index (κ3) is 4.90. The summed E-state index contributed by atoms with van der Waals surface area (Å²) in [7, 11) is 0. The molecule has 0 amide bonds. The maximum absolute atomic E-state index is 6.49. The van der Waals surface area contributed by atoms with E-state index < -0.39 is 0 Å². The lowest BCUT2D eigenvalue weighted by Crippen LogP contribution is -2.10. The molecule has 0 spiro atoms. The topological polar surface area (TPSA) is 55.6 Å². The minimum atomic E-state index is 0.584. The minimum absolute atomic E-state index is 0.584. The first-order chi connectivity index (χ1) is 26.7. The van der Waals surface area contributed by atoms with Crippen molar-refractivity contribution in [2.45, 2.75) is 0 Å². The lowest BCUT2D eigenvalue weighted by molar-refractivity contribution is 0.622. The quantitative estimate of drug-likeness (QED) is 0.173. The van der Waals surface area contributed by atoms with E-state index in [0.29, 0.717) is 11.5 Å². The van der Waals surface area contributed by atoms with Gasteiger partial charge in [0.2, 0.25) is 5.89 Å². The largest absolute Gasteiger partial charge is 0.456 e. The summed E-state index contributed by atoms with van der Waals surface area (Å²) in [5, 5.41) is 4.08. The second-order valence-corrected chi connectivity index (χ2v) is 13.5. The fraction of sp³-hybridized carbons (Fsp3) is 0. The van der Waals surface area contributed by atoms with Gasteiger partial charge in [-0.15, -0.1) is 0 Å². The van der Waals surface area contributed by atoms with E-state index in [2.05, 4.69) is 120 Å². The fourth-order valence-electron chi connectivity index (χ4n) is 7.79. The predicted molar refractivity (Wildman–Crippen MR) is 220 cm³/mol. The number of furan rings is 2. The van der Waals surface area contributed by atoms with Crippen molar-refractivity contribution in [1.29, 1.82) is 0 Å². The zero-order valence-electron chi connectivity index (χ0n) is 28.9. The third-order valence-corrected chi connectivity index (χ3v) is 10.3. The van der Waals surface area contributed by atoms with E-state index in [0.717, 1.165) is 88.7 Å². The Morgan fingerprint density at radius 3 is 1.81 bits per heavy atom. The van der Waals surface area contributed by atoms with E-state index >= 15 is 0 Å². The van der Waals surface area contributed by atoms with Crippen LogP contribution in [0.4, 0.5) is 17.1 Å². The second-order valence-electron chi connectivity index (χ2n) is 13.5. The van der Waals surface area contributed by atoms with E-state index in [-0.39, 0.29) is 0 Å². The molecule has 0 atom stereocenters. The highest BCUT2D eigenvalue weighted by atomic mass is 16.4. The van der Waals surface area contributed by atoms with Crippen molar-refractivity contribution in [2.24, 2.45) is 0 Å². The van der Waals surface area contributed by atoms with E-state index in [4.69, 9.17) is 18.2 Å². The van der Waals surface area contributed by atoms with Crippen LogP contribution >= 0.6 is 0 Å². The number of fused-ring (bicyclic) bond motifs is 8. The average Bonchev–Trinajstić information content (AvgIpc) is 3.95. The first-order valence-corrected chi connectivity index (χ1v) is 18.0. The lowest BCUT2D eigenvalue weighted by atomic mass is 9.98. The molecular weight excluding hydrogens is 665 g/mol. The van der Waals surface area contributed by atoms with E-state index in [1.807, 2.05) is 66.7 Å². The molecule has 11 aromatic rings. The molecule has 254 valence electrons. The number of benzene rings is 8. The number of para-hydroxylation sites is 1. The van der Waals surface area contributed by atoms with E-state index in [1.54, 1.807) is 0 Å². The molecule has 3 aromatic heterocycles. The molecule has 0 aliphatic carbocycles. The van der Waals surface area contributed by atoms with Gasteiger partial charge in [-0.2, -0.15) is 0 Å².